The fourth-order valence-electron chi connectivity index (χ4n) is 6.16. The molecule has 55 heavy (non-hydrogen) atoms. The first-order valence-electron chi connectivity index (χ1n) is 19.7. The lowest BCUT2D eigenvalue weighted by Gasteiger charge is -2.28. The van der Waals surface area contributed by atoms with Crippen molar-refractivity contribution in [2.75, 3.05) is 19.7 Å². The number of esters is 1. The topological polar surface area (TPSA) is 158 Å². The molecule has 3 amide bonds. The van der Waals surface area contributed by atoms with E-state index in [1.165, 1.54) is 0 Å². The molecule has 0 saturated heterocycles. The third-order valence-corrected chi connectivity index (χ3v) is 10.0. The number of benzene rings is 2. The van der Waals surface area contributed by atoms with Crippen molar-refractivity contribution in [1.29, 1.82) is 0 Å². The van der Waals surface area contributed by atoms with Gasteiger partial charge in [0.1, 0.15) is 24.0 Å². The minimum absolute atomic E-state index is 0.0466. The van der Waals surface area contributed by atoms with Crippen molar-refractivity contribution in [3.63, 3.8) is 0 Å². The average Bonchev–Trinajstić information content (AvgIpc) is 3.14. The summed E-state index contributed by atoms with van der Waals surface area (Å²) < 4.78 is 22.2. The van der Waals surface area contributed by atoms with Gasteiger partial charge in [0, 0.05) is 36.0 Å². The largest absolute Gasteiger partial charge is 0.514 e. The van der Waals surface area contributed by atoms with E-state index in [4.69, 9.17) is 18.9 Å². The van der Waals surface area contributed by atoms with Crippen LogP contribution in [0.5, 0.6) is 5.75 Å². The molecule has 0 bridgehead atoms. The van der Waals surface area contributed by atoms with Gasteiger partial charge in [-0.2, -0.15) is 0 Å². The van der Waals surface area contributed by atoms with E-state index in [1.54, 1.807) is 45.0 Å². The van der Waals surface area contributed by atoms with Gasteiger partial charge in [0.25, 0.3) is 0 Å². The molecule has 1 fully saturated rings. The van der Waals surface area contributed by atoms with E-state index in [2.05, 4.69) is 38.8 Å². The summed E-state index contributed by atoms with van der Waals surface area (Å²) in [4.78, 5) is 63.3. The van der Waals surface area contributed by atoms with Crippen LogP contribution in [0, 0.1) is 11.8 Å². The van der Waals surface area contributed by atoms with Crippen molar-refractivity contribution in [3.05, 3.63) is 64.1 Å². The van der Waals surface area contributed by atoms with Crippen molar-refractivity contribution in [1.82, 2.24) is 16.0 Å². The number of nitrogens with one attached hydrogen (secondary N) is 3. The highest BCUT2D eigenvalue weighted by atomic mass is 79.9. The van der Waals surface area contributed by atoms with Crippen LogP contribution in [-0.2, 0) is 41.6 Å². The number of carbonyl (C=O) groups excluding carboxylic acids is 5. The lowest BCUT2D eigenvalue weighted by Crippen LogP contribution is -2.49. The van der Waals surface area contributed by atoms with Crippen LogP contribution < -0.4 is 20.7 Å². The number of halogens is 1. The van der Waals surface area contributed by atoms with Crippen molar-refractivity contribution in [2.24, 2.45) is 11.8 Å². The maximum absolute atomic E-state index is 13.6. The molecule has 0 unspecified atom stereocenters. The second-order valence-electron chi connectivity index (χ2n) is 15.1. The molecule has 1 aliphatic carbocycles. The summed E-state index contributed by atoms with van der Waals surface area (Å²) in [5, 5.41) is 8.68. The second-order valence-corrected chi connectivity index (χ2v) is 16.0. The SMILES string of the molecule is CCCCCCOC(=O)C1CCC(CNC(=O)[C@H](Cc2ccc(OC(=O)OCc3ccccc3Br)cc2)NC(=O)CCCCCNC(=O)OC(C)(C)C)CC1. The lowest BCUT2D eigenvalue weighted by molar-refractivity contribution is -0.150. The number of rotatable bonds is 21. The molecule has 1 saturated carbocycles. The van der Waals surface area contributed by atoms with Crippen molar-refractivity contribution in [3.8, 4) is 5.75 Å². The molecule has 0 radical (unpaired) electrons. The Morgan fingerprint density at radius 3 is 2.24 bits per heavy atom. The first kappa shape index (κ1) is 45.3. The molecule has 2 aromatic carbocycles. The third kappa shape index (κ3) is 18.8. The molecule has 12 nitrogen and oxygen atoms in total. The first-order valence-corrected chi connectivity index (χ1v) is 20.5. The quantitative estimate of drug-likeness (QED) is 0.0487. The van der Waals surface area contributed by atoms with Crippen LogP contribution >= 0.6 is 15.9 Å². The fraction of sp³-hybridized carbons (Fsp3) is 0.595. The number of amides is 3. The van der Waals surface area contributed by atoms with E-state index in [-0.39, 0.29) is 54.8 Å². The number of unbranched alkanes of at least 4 members (excludes halogenated alkanes) is 5. The van der Waals surface area contributed by atoms with Gasteiger partial charge in [0.15, 0.2) is 0 Å². The predicted octanol–water partition coefficient (Wildman–Crippen LogP) is 8.32. The van der Waals surface area contributed by atoms with Crippen molar-refractivity contribution >= 4 is 46.0 Å². The molecule has 1 atom stereocenters. The Hall–Kier alpha value is -4.13. The third-order valence-electron chi connectivity index (χ3n) is 9.26. The molecule has 3 rings (SSSR count). The Morgan fingerprint density at radius 1 is 0.836 bits per heavy atom. The van der Waals surface area contributed by atoms with E-state index < -0.39 is 23.9 Å². The van der Waals surface area contributed by atoms with Crippen LogP contribution in [0.15, 0.2) is 53.0 Å². The summed E-state index contributed by atoms with van der Waals surface area (Å²) in [6.07, 6.45) is 8.42. The molecule has 0 aliphatic heterocycles. The Morgan fingerprint density at radius 2 is 1.55 bits per heavy atom. The molecule has 1 aliphatic rings. The highest BCUT2D eigenvalue weighted by Gasteiger charge is 2.29. The zero-order chi connectivity index (χ0) is 40.1. The van der Waals surface area contributed by atoms with E-state index in [1.807, 2.05) is 24.3 Å². The van der Waals surface area contributed by atoms with Gasteiger partial charge in [-0.05, 0) is 95.4 Å². The molecule has 0 heterocycles. The summed E-state index contributed by atoms with van der Waals surface area (Å²) in [6.45, 7) is 8.96. The predicted molar refractivity (Wildman–Crippen MR) is 213 cm³/mol. The standard InChI is InChI=1S/C42H60BrN3O9/c1-5-6-7-13-26-52-39(49)32-21-17-31(18-22-32)28-45-38(48)36(46-37(47)16-9-8-12-25-44-40(50)55-42(2,3)4)27-30-19-23-34(24-20-30)54-41(51)53-29-33-14-10-11-15-35(33)43/h10-11,14-15,19-20,23-24,31-32,36H,5-9,12-13,16-18,21-22,25-29H2,1-4H3,(H,44,50)(H,45,48)(H,46,47)/t31?,32?,36-/m0/s1. The first-order chi connectivity index (χ1) is 26.3. The van der Waals surface area contributed by atoms with Crippen LogP contribution in [0.1, 0.15) is 116 Å². The molecular formula is C42H60BrN3O9. The van der Waals surface area contributed by atoms with Gasteiger partial charge in [-0.3, -0.25) is 14.4 Å². The lowest BCUT2D eigenvalue weighted by atomic mass is 9.82. The van der Waals surface area contributed by atoms with Gasteiger partial charge in [-0.15, -0.1) is 0 Å². The minimum Gasteiger partial charge on any atom is -0.465 e. The summed E-state index contributed by atoms with van der Waals surface area (Å²) in [5.74, 6) is -0.250. The molecule has 13 heteroatoms. The minimum atomic E-state index is -0.845. The van der Waals surface area contributed by atoms with Crippen LogP contribution in [0.3, 0.4) is 0 Å². The molecule has 2 aromatic rings. The van der Waals surface area contributed by atoms with Gasteiger partial charge in [0.2, 0.25) is 11.8 Å². The van der Waals surface area contributed by atoms with E-state index >= 15 is 0 Å². The fourth-order valence-corrected chi connectivity index (χ4v) is 6.56. The Kier molecular flexibility index (Phi) is 20.1. The maximum Gasteiger partial charge on any atom is 0.514 e. The number of alkyl carbamates (subject to hydrolysis) is 1. The zero-order valence-corrected chi connectivity index (χ0v) is 34.5. The molecular weight excluding hydrogens is 770 g/mol. The highest BCUT2D eigenvalue weighted by molar-refractivity contribution is 9.10. The second kappa shape index (κ2) is 24.4. The number of ether oxygens (including phenoxy) is 4. The van der Waals surface area contributed by atoms with Gasteiger partial charge >= 0.3 is 18.2 Å². The summed E-state index contributed by atoms with van der Waals surface area (Å²) in [5.41, 5.74) is 0.992. The Balaban J connectivity index is 1.50. The smallest absolute Gasteiger partial charge is 0.465 e. The van der Waals surface area contributed by atoms with Gasteiger partial charge in [0.05, 0.1) is 12.5 Å². The number of carbonyl (C=O) groups is 5. The van der Waals surface area contributed by atoms with Gasteiger partial charge < -0.3 is 34.9 Å². The van der Waals surface area contributed by atoms with E-state index in [0.29, 0.717) is 39.0 Å². The summed E-state index contributed by atoms with van der Waals surface area (Å²) in [6, 6.07) is 13.3. The van der Waals surface area contributed by atoms with Gasteiger partial charge in [-0.25, -0.2) is 9.59 Å². The Bertz CT molecular complexity index is 1500. The number of hydrogen-bond donors (Lipinski definition) is 3. The van der Waals surface area contributed by atoms with Crippen LogP contribution in [0.4, 0.5) is 9.59 Å². The van der Waals surface area contributed by atoms with Crippen LogP contribution in [-0.4, -0.2) is 61.4 Å². The van der Waals surface area contributed by atoms with Crippen LogP contribution in [0.2, 0.25) is 0 Å². The average molecular weight is 831 g/mol. The van der Waals surface area contributed by atoms with Crippen LogP contribution in [0.25, 0.3) is 0 Å². The van der Waals surface area contributed by atoms with Gasteiger partial charge in [-0.1, -0.05) is 78.9 Å². The van der Waals surface area contributed by atoms with E-state index in [9.17, 15) is 24.0 Å². The molecule has 3 N–H and O–H groups in total. The zero-order valence-electron chi connectivity index (χ0n) is 32.9. The number of hydrogen-bond acceptors (Lipinski definition) is 9. The summed E-state index contributed by atoms with van der Waals surface area (Å²) in [7, 11) is 0. The highest BCUT2D eigenvalue weighted by Crippen LogP contribution is 2.29. The molecule has 0 aromatic heterocycles. The Labute approximate surface area is 334 Å². The normalized spacial score (nSPS) is 15.9. The monoisotopic (exact) mass is 829 g/mol. The molecule has 304 valence electrons. The maximum atomic E-state index is 13.6. The molecule has 0 spiro atoms. The summed E-state index contributed by atoms with van der Waals surface area (Å²) >= 11 is 3.43. The van der Waals surface area contributed by atoms with Crippen molar-refractivity contribution in [2.45, 2.75) is 129 Å². The van der Waals surface area contributed by atoms with Crippen molar-refractivity contribution < 1.29 is 42.9 Å². The van der Waals surface area contributed by atoms with E-state index in [0.717, 1.165) is 67.0 Å².